The van der Waals surface area contributed by atoms with E-state index in [2.05, 4.69) is 13.8 Å². The van der Waals surface area contributed by atoms with E-state index in [9.17, 15) is 0 Å². The van der Waals surface area contributed by atoms with Gasteiger partial charge in [0.25, 0.3) is 0 Å². The first kappa shape index (κ1) is 14.4. The first-order valence-electron chi connectivity index (χ1n) is 5.33. The molecule has 0 radical (unpaired) electrons. The Hall–Kier alpha value is -0.630. The average molecular weight is 214 g/mol. The van der Waals surface area contributed by atoms with Crippen molar-refractivity contribution in [3.8, 4) is 6.07 Å². The van der Waals surface area contributed by atoms with Crippen LogP contribution < -0.4 is 5.73 Å². The topological polar surface area (TPSA) is 68.3 Å². The Bertz CT molecular complexity index is 197. The molecule has 0 amide bonds. The Labute approximate surface area is 92.3 Å². The van der Waals surface area contributed by atoms with Crippen molar-refractivity contribution >= 4 is 0 Å². The van der Waals surface area contributed by atoms with Gasteiger partial charge in [0, 0.05) is 19.6 Å². The average Bonchev–Trinajstić information content (AvgIpc) is 2.16. The molecule has 0 heterocycles. The number of hydrogen-bond acceptors (Lipinski definition) is 4. The molecule has 4 nitrogen and oxygen atoms in total. The second kappa shape index (κ2) is 7.63. The fourth-order valence-electron chi connectivity index (χ4n) is 0.879. The van der Waals surface area contributed by atoms with Gasteiger partial charge in [-0.2, -0.15) is 5.26 Å². The van der Waals surface area contributed by atoms with Crippen LogP contribution in [0.15, 0.2) is 0 Å². The van der Waals surface area contributed by atoms with Crippen LogP contribution in [0.25, 0.3) is 0 Å². The SMILES string of the molecule is CC(C)COCCOCCC(C)(N)C#N. The maximum absolute atomic E-state index is 8.64. The van der Waals surface area contributed by atoms with Gasteiger partial charge in [-0.05, 0) is 12.8 Å². The number of ether oxygens (including phenoxy) is 2. The van der Waals surface area contributed by atoms with Gasteiger partial charge in [-0.1, -0.05) is 13.8 Å². The fourth-order valence-corrected chi connectivity index (χ4v) is 0.879. The molecule has 0 bridgehead atoms. The van der Waals surface area contributed by atoms with Gasteiger partial charge in [-0.3, -0.25) is 0 Å². The van der Waals surface area contributed by atoms with Crippen molar-refractivity contribution in [2.24, 2.45) is 11.7 Å². The fraction of sp³-hybridized carbons (Fsp3) is 0.909. The molecule has 0 rings (SSSR count). The van der Waals surface area contributed by atoms with E-state index in [-0.39, 0.29) is 0 Å². The Kier molecular flexibility index (Phi) is 7.31. The molecule has 0 fully saturated rings. The van der Waals surface area contributed by atoms with Crippen LogP contribution >= 0.6 is 0 Å². The second-order valence-corrected chi connectivity index (χ2v) is 4.36. The number of nitriles is 1. The Balaban J connectivity index is 3.23. The van der Waals surface area contributed by atoms with Gasteiger partial charge in [0.15, 0.2) is 0 Å². The van der Waals surface area contributed by atoms with E-state index < -0.39 is 5.54 Å². The highest BCUT2D eigenvalue weighted by Gasteiger charge is 2.16. The van der Waals surface area contributed by atoms with E-state index in [1.807, 2.05) is 6.07 Å². The van der Waals surface area contributed by atoms with E-state index >= 15 is 0 Å². The van der Waals surface area contributed by atoms with E-state index in [1.165, 1.54) is 0 Å². The highest BCUT2D eigenvalue weighted by Crippen LogP contribution is 2.03. The Morgan fingerprint density at radius 3 is 2.40 bits per heavy atom. The molecule has 1 atom stereocenters. The maximum Gasteiger partial charge on any atom is 0.103 e. The lowest BCUT2D eigenvalue weighted by Crippen LogP contribution is -2.35. The molecule has 15 heavy (non-hydrogen) atoms. The smallest absolute Gasteiger partial charge is 0.103 e. The van der Waals surface area contributed by atoms with Gasteiger partial charge in [-0.25, -0.2) is 0 Å². The molecule has 4 heteroatoms. The van der Waals surface area contributed by atoms with Crippen LogP contribution in [0.3, 0.4) is 0 Å². The minimum absolute atomic E-state index is 0.506. The zero-order valence-electron chi connectivity index (χ0n) is 9.95. The van der Waals surface area contributed by atoms with Crippen molar-refractivity contribution in [2.75, 3.05) is 26.4 Å². The van der Waals surface area contributed by atoms with Crippen molar-refractivity contribution in [3.05, 3.63) is 0 Å². The summed E-state index contributed by atoms with van der Waals surface area (Å²) in [5.41, 5.74) is 4.85. The van der Waals surface area contributed by atoms with Crippen molar-refractivity contribution in [3.63, 3.8) is 0 Å². The molecule has 1 unspecified atom stereocenters. The van der Waals surface area contributed by atoms with Gasteiger partial charge in [0.2, 0.25) is 0 Å². The summed E-state index contributed by atoms with van der Waals surface area (Å²) >= 11 is 0. The first-order chi connectivity index (χ1) is 6.98. The van der Waals surface area contributed by atoms with E-state index in [4.69, 9.17) is 20.5 Å². The number of rotatable bonds is 8. The molecule has 0 aliphatic rings. The third-order valence-corrected chi connectivity index (χ3v) is 1.84. The lowest BCUT2D eigenvalue weighted by Gasteiger charge is -2.14. The highest BCUT2D eigenvalue weighted by molar-refractivity contribution is 5.00. The molecule has 88 valence electrons. The molecule has 0 aromatic carbocycles. The summed E-state index contributed by atoms with van der Waals surface area (Å²) in [5.74, 6) is 0.552. The zero-order chi connectivity index (χ0) is 11.7. The summed E-state index contributed by atoms with van der Waals surface area (Å²) in [7, 11) is 0. The lowest BCUT2D eigenvalue weighted by atomic mass is 10.0. The van der Waals surface area contributed by atoms with Crippen molar-refractivity contribution in [1.82, 2.24) is 0 Å². The molecule has 0 aliphatic heterocycles. The van der Waals surface area contributed by atoms with Crippen molar-refractivity contribution in [2.45, 2.75) is 32.7 Å². The van der Waals surface area contributed by atoms with Crippen LogP contribution in [0.1, 0.15) is 27.2 Å². The zero-order valence-corrected chi connectivity index (χ0v) is 9.95. The number of nitrogens with zero attached hydrogens (tertiary/aromatic N) is 1. The predicted octanol–water partition coefficient (Wildman–Crippen LogP) is 1.31. The molecule has 0 aliphatic carbocycles. The summed E-state index contributed by atoms with van der Waals surface area (Å²) in [5, 5.41) is 8.64. The minimum atomic E-state index is -0.779. The van der Waals surface area contributed by atoms with Gasteiger partial charge >= 0.3 is 0 Å². The summed E-state index contributed by atoms with van der Waals surface area (Å²) < 4.78 is 10.6. The summed E-state index contributed by atoms with van der Waals surface area (Å²) in [6.07, 6.45) is 0.549. The highest BCUT2D eigenvalue weighted by atomic mass is 16.5. The normalized spacial score (nSPS) is 14.9. The molecule has 0 spiro atoms. The monoisotopic (exact) mass is 214 g/mol. The molecular formula is C11H22N2O2. The van der Waals surface area contributed by atoms with Crippen molar-refractivity contribution in [1.29, 1.82) is 5.26 Å². The first-order valence-corrected chi connectivity index (χ1v) is 5.33. The summed E-state index contributed by atoms with van der Waals surface area (Å²) in [6.45, 7) is 8.34. The van der Waals surface area contributed by atoms with Crippen LogP contribution in [0.4, 0.5) is 0 Å². The van der Waals surface area contributed by atoms with Gasteiger partial charge in [0.05, 0.1) is 19.3 Å². The Morgan fingerprint density at radius 1 is 1.27 bits per heavy atom. The van der Waals surface area contributed by atoms with Gasteiger partial charge in [-0.15, -0.1) is 0 Å². The van der Waals surface area contributed by atoms with Gasteiger partial charge < -0.3 is 15.2 Å². The van der Waals surface area contributed by atoms with E-state index in [0.29, 0.717) is 32.2 Å². The second-order valence-electron chi connectivity index (χ2n) is 4.36. The van der Waals surface area contributed by atoms with E-state index in [0.717, 1.165) is 6.61 Å². The van der Waals surface area contributed by atoms with Crippen LogP contribution in [0.5, 0.6) is 0 Å². The summed E-state index contributed by atoms with van der Waals surface area (Å²) in [4.78, 5) is 0. The summed E-state index contributed by atoms with van der Waals surface area (Å²) in [6, 6.07) is 2.02. The molecule has 0 saturated carbocycles. The number of hydrogen-bond donors (Lipinski definition) is 1. The van der Waals surface area contributed by atoms with Crippen molar-refractivity contribution < 1.29 is 9.47 Å². The quantitative estimate of drug-likeness (QED) is 0.618. The third kappa shape index (κ3) is 9.67. The standard InChI is InChI=1S/C11H22N2O2/c1-10(2)8-15-7-6-14-5-4-11(3,13)9-12/h10H,4-8,13H2,1-3H3. The Morgan fingerprint density at radius 2 is 1.87 bits per heavy atom. The predicted molar refractivity (Wildman–Crippen MR) is 59.3 cm³/mol. The van der Waals surface area contributed by atoms with Crippen LogP contribution in [0.2, 0.25) is 0 Å². The van der Waals surface area contributed by atoms with Crippen LogP contribution in [-0.4, -0.2) is 32.0 Å². The third-order valence-electron chi connectivity index (χ3n) is 1.84. The molecule has 0 saturated heterocycles. The maximum atomic E-state index is 8.64. The molecular weight excluding hydrogens is 192 g/mol. The number of nitrogens with two attached hydrogens (primary N) is 1. The molecule has 0 aromatic rings. The molecule has 2 N–H and O–H groups in total. The minimum Gasteiger partial charge on any atom is -0.379 e. The van der Waals surface area contributed by atoms with Gasteiger partial charge in [0.1, 0.15) is 5.54 Å². The van der Waals surface area contributed by atoms with E-state index in [1.54, 1.807) is 6.92 Å². The van der Waals surface area contributed by atoms with Crippen LogP contribution in [-0.2, 0) is 9.47 Å². The lowest BCUT2D eigenvalue weighted by molar-refractivity contribution is 0.0345. The molecule has 0 aromatic heterocycles. The largest absolute Gasteiger partial charge is 0.379 e. The van der Waals surface area contributed by atoms with Crippen LogP contribution in [0, 0.1) is 17.2 Å².